The fourth-order valence-electron chi connectivity index (χ4n) is 2.73. The summed E-state index contributed by atoms with van der Waals surface area (Å²) >= 11 is 4.33. The monoisotopic (exact) mass is 438 g/mol. The molecule has 2 heterocycles. The molecule has 2 aromatic carbocycles. The highest BCUT2D eigenvalue weighted by molar-refractivity contribution is 8.00. The maximum absolute atomic E-state index is 12.2. The van der Waals surface area contributed by atoms with E-state index in [1.807, 2.05) is 35.9 Å². The first-order valence-electron chi connectivity index (χ1n) is 8.91. The van der Waals surface area contributed by atoms with Gasteiger partial charge in [-0.15, -0.1) is 23.1 Å². The van der Waals surface area contributed by atoms with Crippen LogP contribution >= 0.6 is 34.4 Å². The maximum Gasteiger partial charge on any atom is 0.355 e. The van der Waals surface area contributed by atoms with Gasteiger partial charge in [0.1, 0.15) is 9.09 Å². The van der Waals surface area contributed by atoms with E-state index in [-0.39, 0.29) is 5.97 Å². The lowest BCUT2D eigenvalue weighted by atomic mass is 10.1. The summed E-state index contributed by atoms with van der Waals surface area (Å²) in [4.78, 5) is 17.2. The van der Waals surface area contributed by atoms with Gasteiger partial charge in [-0.05, 0) is 47.4 Å². The lowest BCUT2D eigenvalue weighted by Gasteiger charge is -2.05. The average Bonchev–Trinajstić information content (AvgIpc) is 3.40. The molecule has 4 aromatic rings. The van der Waals surface area contributed by atoms with E-state index in [0.29, 0.717) is 15.9 Å². The summed E-state index contributed by atoms with van der Waals surface area (Å²) in [5.74, 6) is -0.0264. The summed E-state index contributed by atoms with van der Waals surface area (Å²) in [7, 11) is 0. The molecule has 0 aliphatic rings. The zero-order chi connectivity index (χ0) is 20.1. The first-order chi connectivity index (χ1) is 14.2. The number of aromatic nitrogens is 1. The fourth-order valence-corrected chi connectivity index (χ4v) is 4.81. The third-order valence-electron chi connectivity index (χ3n) is 4.12. The zero-order valence-electron chi connectivity index (χ0n) is 15.6. The molecule has 0 saturated carbocycles. The van der Waals surface area contributed by atoms with Crippen molar-refractivity contribution in [1.29, 1.82) is 0 Å². The van der Waals surface area contributed by atoms with Crippen molar-refractivity contribution in [2.24, 2.45) is 0 Å². The first kappa shape index (κ1) is 19.7. The number of hydrogen-bond donors (Lipinski definition) is 1. The van der Waals surface area contributed by atoms with Crippen LogP contribution in [-0.4, -0.2) is 17.2 Å². The number of nitrogens with zero attached hydrogens (tertiary/aromatic N) is 1. The Bertz CT molecular complexity index is 1080. The summed E-state index contributed by atoms with van der Waals surface area (Å²) in [5, 5.41) is 5.85. The number of carbonyl (C=O) groups is 1. The van der Waals surface area contributed by atoms with Crippen molar-refractivity contribution in [3.05, 3.63) is 88.1 Å². The SMILES string of the molecule is CSc1sc(Nc2ccc(Cc3ccccc3)cc2)nc1OC(=O)c1cccs1. The molecule has 7 heteroatoms. The van der Waals surface area contributed by atoms with Gasteiger partial charge in [0.2, 0.25) is 5.88 Å². The lowest BCUT2D eigenvalue weighted by Crippen LogP contribution is -2.07. The molecular formula is C22H18N2O2S3. The Balaban J connectivity index is 1.44. The lowest BCUT2D eigenvalue weighted by molar-refractivity contribution is 0.0730. The Kier molecular flexibility index (Phi) is 6.29. The molecule has 2 aromatic heterocycles. The predicted octanol–water partition coefficient (Wildman–Crippen LogP) is 6.48. The number of anilines is 2. The Morgan fingerprint density at radius 2 is 1.79 bits per heavy atom. The van der Waals surface area contributed by atoms with E-state index in [1.165, 1.54) is 45.6 Å². The molecule has 1 N–H and O–H groups in total. The quantitative estimate of drug-likeness (QED) is 0.264. The van der Waals surface area contributed by atoms with Crippen LogP contribution in [-0.2, 0) is 6.42 Å². The van der Waals surface area contributed by atoms with Gasteiger partial charge in [-0.25, -0.2) is 4.79 Å². The molecule has 146 valence electrons. The van der Waals surface area contributed by atoms with Gasteiger partial charge < -0.3 is 10.1 Å². The number of rotatable bonds is 7. The molecule has 0 atom stereocenters. The van der Waals surface area contributed by atoms with Crippen molar-refractivity contribution in [3.8, 4) is 5.88 Å². The summed E-state index contributed by atoms with van der Waals surface area (Å²) in [6.07, 6.45) is 2.84. The topological polar surface area (TPSA) is 51.2 Å². The van der Waals surface area contributed by atoms with Crippen molar-refractivity contribution >= 4 is 51.2 Å². The van der Waals surface area contributed by atoms with Crippen molar-refractivity contribution in [1.82, 2.24) is 4.98 Å². The van der Waals surface area contributed by atoms with Gasteiger partial charge in [-0.1, -0.05) is 59.9 Å². The van der Waals surface area contributed by atoms with Gasteiger partial charge in [0.25, 0.3) is 0 Å². The van der Waals surface area contributed by atoms with Gasteiger partial charge >= 0.3 is 5.97 Å². The number of thiazole rings is 1. The highest BCUT2D eigenvalue weighted by atomic mass is 32.2. The third kappa shape index (κ3) is 5.06. The normalized spacial score (nSPS) is 10.7. The number of benzene rings is 2. The van der Waals surface area contributed by atoms with Gasteiger partial charge in [0.05, 0.1) is 0 Å². The highest BCUT2D eigenvalue weighted by Gasteiger charge is 2.17. The minimum Gasteiger partial charge on any atom is -0.401 e. The van der Waals surface area contributed by atoms with E-state index >= 15 is 0 Å². The van der Waals surface area contributed by atoms with Crippen LogP contribution in [0, 0.1) is 0 Å². The van der Waals surface area contributed by atoms with Crippen LogP contribution < -0.4 is 10.1 Å². The van der Waals surface area contributed by atoms with E-state index in [1.54, 1.807) is 6.07 Å². The Labute approximate surface area is 181 Å². The molecule has 4 rings (SSSR count). The van der Waals surface area contributed by atoms with E-state index in [9.17, 15) is 4.79 Å². The predicted molar refractivity (Wildman–Crippen MR) is 122 cm³/mol. The smallest absolute Gasteiger partial charge is 0.355 e. The molecule has 0 unspecified atom stereocenters. The molecule has 0 aliphatic carbocycles. The molecule has 0 bridgehead atoms. The van der Waals surface area contributed by atoms with E-state index in [4.69, 9.17) is 4.74 Å². The van der Waals surface area contributed by atoms with Gasteiger partial charge in [-0.2, -0.15) is 4.98 Å². The molecule has 0 fully saturated rings. The van der Waals surface area contributed by atoms with Crippen LogP contribution in [0.2, 0.25) is 0 Å². The van der Waals surface area contributed by atoms with Crippen LogP contribution in [0.4, 0.5) is 10.8 Å². The van der Waals surface area contributed by atoms with Crippen LogP contribution in [0.3, 0.4) is 0 Å². The second kappa shape index (κ2) is 9.26. The molecule has 0 spiro atoms. The maximum atomic E-state index is 12.2. The second-order valence-electron chi connectivity index (χ2n) is 6.17. The number of esters is 1. The largest absolute Gasteiger partial charge is 0.401 e. The van der Waals surface area contributed by atoms with Gasteiger partial charge in [0.15, 0.2) is 5.13 Å². The number of ether oxygens (including phenoxy) is 1. The summed E-state index contributed by atoms with van der Waals surface area (Å²) in [5.41, 5.74) is 3.48. The molecular weight excluding hydrogens is 420 g/mol. The third-order valence-corrected chi connectivity index (χ3v) is 7.01. The minimum atomic E-state index is -0.377. The molecule has 0 radical (unpaired) electrons. The van der Waals surface area contributed by atoms with E-state index < -0.39 is 0 Å². The van der Waals surface area contributed by atoms with E-state index in [2.05, 4.69) is 46.7 Å². The van der Waals surface area contributed by atoms with Crippen LogP contribution in [0.15, 0.2) is 76.3 Å². The van der Waals surface area contributed by atoms with Crippen molar-refractivity contribution in [3.63, 3.8) is 0 Å². The molecule has 29 heavy (non-hydrogen) atoms. The second-order valence-corrected chi connectivity index (χ2v) is 9.19. The first-order valence-corrected chi connectivity index (χ1v) is 11.8. The average molecular weight is 439 g/mol. The van der Waals surface area contributed by atoms with Crippen molar-refractivity contribution in [2.75, 3.05) is 11.6 Å². The summed E-state index contributed by atoms with van der Waals surface area (Å²) in [6.45, 7) is 0. The zero-order valence-corrected chi connectivity index (χ0v) is 18.1. The molecule has 0 aliphatic heterocycles. The fraction of sp³-hybridized carbons (Fsp3) is 0.0909. The Morgan fingerprint density at radius 3 is 2.48 bits per heavy atom. The minimum absolute atomic E-state index is 0.351. The summed E-state index contributed by atoms with van der Waals surface area (Å²) in [6, 6.07) is 22.3. The number of hydrogen-bond acceptors (Lipinski definition) is 7. The molecule has 0 amide bonds. The standard InChI is InChI=1S/C22H18N2O2S3/c1-27-21-19(26-20(25)18-8-5-13-28-18)24-22(29-21)23-17-11-9-16(10-12-17)14-15-6-3-2-4-7-15/h2-13H,14H2,1H3,(H,23,24). The number of carbonyl (C=O) groups excluding carboxylic acids is 1. The summed E-state index contributed by atoms with van der Waals surface area (Å²) < 4.78 is 6.35. The van der Waals surface area contributed by atoms with E-state index in [0.717, 1.165) is 16.3 Å². The van der Waals surface area contributed by atoms with Crippen molar-refractivity contribution in [2.45, 2.75) is 10.6 Å². The van der Waals surface area contributed by atoms with Crippen molar-refractivity contribution < 1.29 is 9.53 Å². The number of nitrogens with one attached hydrogen (secondary N) is 1. The van der Waals surface area contributed by atoms with Crippen LogP contribution in [0.25, 0.3) is 0 Å². The van der Waals surface area contributed by atoms with Crippen LogP contribution in [0.1, 0.15) is 20.8 Å². The number of thioether (sulfide) groups is 1. The Hall–Kier alpha value is -2.61. The highest BCUT2D eigenvalue weighted by Crippen LogP contribution is 2.38. The van der Waals surface area contributed by atoms with Gasteiger partial charge in [0, 0.05) is 5.69 Å². The molecule has 4 nitrogen and oxygen atoms in total. The number of thiophene rings is 1. The van der Waals surface area contributed by atoms with Crippen LogP contribution in [0.5, 0.6) is 5.88 Å². The van der Waals surface area contributed by atoms with Gasteiger partial charge in [-0.3, -0.25) is 0 Å². The Morgan fingerprint density at radius 1 is 1.03 bits per heavy atom. The molecule has 0 saturated heterocycles.